The van der Waals surface area contributed by atoms with Crippen molar-refractivity contribution in [2.75, 3.05) is 13.1 Å². The predicted octanol–water partition coefficient (Wildman–Crippen LogP) is 2.68. The normalized spacial score (nSPS) is 26.9. The first-order chi connectivity index (χ1) is 7.66. The molecule has 0 N–H and O–H groups in total. The zero-order valence-corrected chi connectivity index (χ0v) is 9.50. The Morgan fingerprint density at radius 2 is 1.88 bits per heavy atom. The largest absolute Gasteiger partial charge is 0.337 e. The van der Waals surface area contributed by atoms with Crippen LogP contribution in [-0.4, -0.2) is 30.3 Å². The van der Waals surface area contributed by atoms with Crippen molar-refractivity contribution in [2.24, 2.45) is 11.8 Å². The van der Waals surface area contributed by atoms with E-state index < -0.39 is 12.3 Å². The van der Waals surface area contributed by atoms with Gasteiger partial charge in [-0.05, 0) is 24.7 Å². The molecule has 1 heterocycles. The fourth-order valence-electron chi connectivity index (χ4n) is 3.08. The van der Waals surface area contributed by atoms with Gasteiger partial charge < -0.3 is 4.90 Å². The number of amides is 1. The first kappa shape index (κ1) is 11.8. The predicted molar refractivity (Wildman–Crippen MR) is 57.3 cm³/mol. The van der Waals surface area contributed by atoms with Crippen molar-refractivity contribution in [1.82, 2.24) is 4.90 Å². The summed E-state index contributed by atoms with van der Waals surface area (Å²) in [7, 11) is 0. The van der Waals surface area contributed by atoms with Crippen LogP contribution in [0.3, 0.4) is 0 Å². The zero-order valence-electron chi connectivity index (χ0n) is 9.50. The lowest BCUT2D eigenvalue weighted by Gasteiger charge is -2.17. The number of carbonyl (C=O) groups is 1. The number of rotatable bonds is 3. The van der Waals surface area contributed by atoms with Crippen LogP contribution < -0.4 is 0 Å². The van der Waals surface area contributed by atoms with Gasteiger partial charge >= 0.3 is 6.43 Å². The van der Waals surface area contributed by atoms with Crippen LogP contribution in [0.25, 0.3) is 0 Å². The highest BCUT2D eigenvalue weighted by Crippen LogP contribution is 2.33. The van der Waals surface area contributed by atoms with Gasteiger partial charge in [-0.3, -0.25) is 4.79 Å². The van der Waals surface area contributed by atoms with Gasteiger partial charge in [0.2, 0.25) is 0 Å². The Morgan fingerprint density at radius 3 is 2.50 bits per heavy atom. The van der Waals surface area contributed by atoms with E-state index in [9.17, 15) is 13.6 Å². The van der Waals surface area contributed by atoms with Crippen LogP contribution in [0.15, 0.2) is 0 Å². The van der Waals surface area contributed by atoms with E-state index in [1.807, 2.05) is 0 Å². The van der Waals surface area contributed by atoms with Gasteiger partial charge in [0, 0.05) is 13.1 Å². The standard InChI is InChI=1S/C12H19F2NO/c13-11(14)12(16)15-6-5-10(8-15)7-9-3-1-2-4-9/h9-11H,1-8H2/t10-/m0/s1. The summed E-state index contributed by atoms with van der Waals surface area (Å²) in [6, 6.07) is 0. The number of alkyl halides is 2. The molecule has 0 unspecified atom stereocenters. The van der Waals surface area contributed by atoms with E-state index in [2.05, 4.69) is 0 Å². The number of carbonyl (C=O) groups excluding carboxylic acids is 1. The van der Waals surface area contributed by atoms with Crippen molar-refractivity contribution in [3.05, 3.63) is 0 Å². The lowest BCUT2D eigenvalue weighted by Crippen LogP contribution is -2.33. The molecule has 0 radical (unpaired) electrons. The van der Waals surface area contributed by atoms with E-state index in [1.165, 1.54) is 30.6 Å². The summed E-state index contributed by atoms with van der Waals surface area (Å²) in [6.07, 6.45) is 4.43. The van der Waals surface area contributed by atoms with E-state index in [1.54, 1.807) is 0 Å². The van der Waals surface area contributed by atoms with Crippen LogP contribution in [0.4, 0.5) is 8.78 Å². The molecule has 1 aliphatic carbocycles. The van der Waals surface area contributed by atoms with Crippen molar-refractivity contribution in [3.8, 4) is 0 Å². The highest BCUT2D eigenvalue weighted by Gasteiger charge is 2.32. The first-order valence-electron chi connectivity index (χ1n) is 6.23. The number of hydrogen-bond acceptors (Lipinski definition) is 1. The Hall–Kier alpha value is -0.670. The second-order valence-electron chi connectivity index (χ2n) is 5.13. The zero-order chi connectivity index (χ0) is 11.5. The van der Waals surface area contributed by atoms with Crippen LogP contribution in [0.5, 0.6) is 0 Å². The quantitative estimate of drug-likeness (QED) is 0.731. The smallest absolute Gasteiger partial charge is 0.315 e. The number of hydrogen-bond donors (Lipinski definition) is 0. The molecule has 0 spiro atoms. The second-order valence-corrected chi connectivity index (χ2v) is 5.13. The lowest BCUT2D eigenvalue weighted by atomic mass is 9.93. The number of halogens is 2. The van der Waals surface area contributed by atoms with E-state index in [0.717, 1.165) is 18.8 Å². The second kappa shape index (κ2) is 5.11. The molecule has 2 fully saturated rings. The fourth-order valence-corrected chi connectivity index (χ4v) is 3.08. The van der Waals surface area contributed by atoms with Crippen molar-refractivity contribution in [3.63, 3.8) is 0 Å². The summed E-state index contributed by atoms with van der Waals surface area (Å²) in [5, 5.41) is 0. The van der Waals surface area contributed by atoms with Gasteiger partial charge in [-0.1, -0.05) is 25.7 Å². The van der Waals surface area contributed by atoms with Crippen LogP contribution in [-0.2, 0) is 4.79 Å². The first-order valence-corrected chi connectivity index (χ1v) is 6.23. The van der Waals surface area contributed by atoms with Crippen molar-refractivity contribution in [1.29, 1.82) is 0 Å². The summed E-state index contributed by atoms with van der Waals surface area (Å²) in [6.45, 7) is 1.08. The number of likely N-dealkylation sites (tertiary alicyclic amines) is 1. The average Bonchev–Trinajstić information content (AvgIpc) is 2.88. The summed E-state index contributed by atoms with van der Waals surface area (Å²) in [5.74, 6) is 0.270. The molecule has 2 rings (SSSR count). The molecule has 16 heavy (non-hydrogen) atoms. The minimum absolute atomic E-state index is 0.464. The molecule has 1 atom stereocenters. The van der Waals surface area contributed by atoms with E-state index in [-0.39, 0.29) is 0 Å². The maximum atomic E-state index is 12.2. The fraction of sp³-hybridized carbons (Fsp3) is 0.917. The average molecular weight is 231 g/mol. The van der Waals surface area contributed by atoms with Crippen LogP contribution in [0, 0.1) is 11.8 Å². The molecule has 1 saturated heterocycles. The molecule has 1 amide bonds. The lowest BCUT2D eigenvalue weighted by molar-refractivity contribution is -0.141. The Labute approximate surface area is 95.0 Å². The molecule has 0 aromatic heterocycles. The van der Waals surface area contributed by atoms with Crippen LogP contribution in [0.1, 0.15) is 38.5 Å². The SMILES string of the molecule is O=C(C(F)F)N1CC[C@@H](CC2CCCC2)C1. The van der Waals surface area contributed by atoms with Gasteiger partial charge in [0.05, 0.1) is 0 Å². The minimum atomic E-state index is -2.83. The van der Waals surface area contributed by atoms with Crippen molar-refractivity contribution < 1.29 is 13.6 Å². The van der Waals surface area contributed by atoms with Gasteiger partial charge in [-0.25, -0.2) is 0 Å². The van der Waals surface area contributed by atoms with Crippen molar-refractivity contribution >= 4 is 5.91 Å². The summed E-state index contributed by atoms with van der Waals surface area (Å²) in [4.78, 5) is 12.4. The van der Waals surface area contributed by atoms with Crippen LogP contribution in [0.2, 0.25) is 0 Å². The molecule has 1 aliphatic heterocycles. The maximum Gasteiger partial charge on any atom is 0.315 e. The van der Waals surface area contributed by atoms with Gasteiger partial charge in [-0.15, -0.1) is 0 Å². The minimum Gasteiger partial charge on any atom is -0.337 e. The molecule has 0 aromatic rings. The third-order valence-corrected chi connectivity index (χ3v) is 3.93. The topological polar surface area (TPSA) is 20.3 Å². The van der Waals surface area contributed by atoms with E-state index in [4.69, 9.17) is 0 Å². The van der Waals surface area contributed by atoms with E-state index >= 15 is 0 Å². The summed E-state index contributed by atoms with van der Waals surface area (Å²) >= 11 is 0. The van der Waals surface area contributed by atoms with Gasteiger partial charge in [0.1, 0.15) is 0 Å². The van der Waals surface area contributed by atoms with Gasteiger partial charge in [0.15, 0.2) is 0 Å². The van der Waals surface area contributed by atoms with Crippen LogP contribution >= 0.6 is 0 Å². The molecular weight excluding hydrogens is 212 g/mol. The molecule has 0 bridgehead atoms. The Kier molecular flexibility index (Phi) is 3.77. The summed E-state index contributed by atoms with van der Waals surface area (Å²) < 4.78 is 24.4. The molecule has 92 valence electrons. The Balaban J connectivity index is 1.76. The molecule has 2 nitrogen and oxygen atoms in total. The highest BCUT2D eigenvalue weighted by molar-refractivity contribution is 5.79. The molecule has 4 heteroatoms. The molecule has 0 aromatic carbocycles. The summed E-state index contributed by atoms with van der Waals surface area (Å²) in [5.41, 5.74) is 0. The third kappa shape index (κ3) is 2.71. The third-order valence-electron chi connectivity index (χ3n) is 3.93. The maximum absolute atomic E-state index is 12.2. The molecular formula is C12H19F2NO. The van der Waals surface area contributed by atoms with Gasteiger partial charge in [-0.2, -0.15) is 8.78 Å². The Bertz CT molecular complexity index is 251. The Morgan fingerprint density at radius 1 is 1.19 bits per heavy atom. The molecule has 2 aliphatic rings. The highest BCUT2D eigenvalue weighted by atomic mass is 19.3. The van der Waals surface area contributed by atoms with Crippen molar-refractivity contribution in [2.45, 2.75) is 45.0 Å². The molecule has 1 saturated carbocycles. The monoisotopic (exact) mass is 231 g/mol. The van der Waals surface area contributed by atoms with E-state index in [0.29, 0.717) is 19.0 Å². The van der Waals surface area contributed by atoms with Gasteiger partial charge in [0.25, 0.3) is 5.91 Å². The number of nitrogens with zero attached hydrogens (tertiary/aromatic N) is 1.